The van der Waals surface area contributed by atoms with Crippen LogP contribution in [0.5, 0.6) is 5.75 Å². The summed E-state index contributed by atoms with van der Waals surface area (Å²) < 4.78 is 42.3. The summed E-state index contributed by atoms with van der Waals surface area (Å²) in [5.41, 5.74) is 2.83. The lowest BCUT2D eigenvalue weighted by Crippen LogP contribution is -2.23. The van der Waals surface area contributed by atoms with Crippen molar-refractivity contribution in [3.63, 3.8) is 0 Å². The molecule has 0 bridgehead atoms. The molecule has 0 saturated heterocycles. The smallest absolute Gasteiger partial charge is 0.422 e. The number of ether oxygens (including phenoxy) is 1. The minimum Gasteiger partial charge on any atom is -0.483 e. The van der Waals surface area contributed by atoms with Gasteiger partial charge in [-0.05, 0) is 47.4 Å². The first-order chi connectivity index (χ1) is 15.7. The quantitative estimate of drug-likeness (QED) is 0.333. The summed E-state index contributed by atoms with van der Waals surface area (Å²) in [6.07, 6.45) is -4.44. The molecular formula is C25H25ClF3NO4. The average Bonchev–Trinajstić information content (AvgIpc) is 2.80. The number of carboxylic acid groups (broad SMARTS) is 1. The molecule has 34 heavy (non-hydrogen) atoms. The van der Waals surface area contributed by atoms with Crippen LogP contribution in [0.1, 0.15) is 27.6 Å². The van der Waals surface area contributed by atoms with Gasteiger partial charge in [-0.3, -0.25) is 0 Å². The van der Waals surface area contributed by atoms with Gasteiger partial charge in [-0.1, -0.05) is 60.7 Å². The van der Waals surface area contributed by atoms with Crippen LogP contribution in [0.2, 0.25) is 0 Å². The second kappa shape index (κ2) is 12.4. The molecule has 0 aliphatic heterocycles. The van der Waals surface area contributed by atoms with Crippen LogP contribution in [-0.2, 0) is 6.42 Å². The summed E-state index contributed by atoms with van der Waals surface area (Å²) in [5, 5.41) is 22.6. The van der Waals surface area contributed by atoms with E-state index in [0.29, 0.717) is 18.7 Å². The van der Waals surface area contributed by atoms with Gasteiger partial charge in [-0.2, -0.15) is 13.2 Å². The molecule has 3 aromatic carbocycles. The van der Waals surface area contributed by atoms with Gasteiger partial charge >= 0.3 is 12.1 Å². The fraction of sp³-hybridized carbons (Fsp3) is 0.240. The minimum absolute atomic E-state index is 0. The highest BCUT2D eigenvalue weighted by atomic mass is 35.5. The number of halogens is 4. The van der Waals surface area contributed by atoms with E-state index < -0.39 is 24.9 Å². The van der Waals surface area contributed by atoms with Gasteiger partial charge in [0.1, 0.15) is 11.3 Å². The maximum atomic E-state index is 12.5. The standard InChI is InChI=1S/C25H24F3NO4.ClH/c26-25(27,28)16-33-23-14-20(10-11-21(23)24(31)32)18-8-6-17(7-9-18)12-13-29-15-22(30)19-4-2-1-3-5-19;/h1-11,14,22,29-30H,12-13,15-16H2,(H,31,32);1H/t22-;/m0./s1. The highest BCUT2D eigenvalue weighted by molar-refractivity contribution is 5.92. The van der Waals surface area contributed by atoms with Gasteiger partial charge in [0.15, 0.2) is 6.61 Å². The molecule has 0 aromatic heterocycles. The molecule has 0 amide bonds. The third-order valence-corrected chi connectivity index (χ3v) is 5.00. The van der Waals surface area contributed by atoms with Crippen LogP contribution in [0.15, 0.2) is 72.8 Å². The molecule has 0 fully saturated rings. The van der Waals surface area contributed by atoms with Gasteiger partial charge in [-0.15, -0.1) is 12.4 Å². The van der Waals surface area contributed by atoms with Crippen LogP contribution in [0, 0.1) is 0 Å². The first-order valence-electron chi connectivity index (χ1n) is 10.3. The van der Waals surface area contributed by atoms with Crippen LogP contribution in [-0.4, -0.2) is 42.1 Å². The fourth-order valence-electron chi connectivity index (χ4n) is 3.29. The van der Waals surface area contributed by atoms with Gasteiger partial charge in [0, 0.05) is 6.54 Å². The minimum atomic E-state index is -4.57. The molecule has 3 aromatic rings. The monoisotopic (exact) mass is 495 g/mol. The fourth-order valence-corrected chi connectivity index (χ4v) is 3.29. The van der Waals surface area contributed by atoms with Gasteiger partial charge in [0.2, 0.25) is 0 Å². The lowest BCUT2D eigenvalue weighted by Gasteiger charge is -2.13. The van der Waals surface area contributed by atoms with E-state index in [2.05, 4.69) is 5.32 Å². The lowest BCUT2D eigenvalue weighted by molar-refractivity contribution is -0.153. The number of rotatable bonds is 10. The Bertz CT molecular complexity index is 1060. The lowest BCUT2D eigenvalue weighted by atomic mass is 10.0. The van der Waals surface area contributed by atoms with Gasteiger partial charge in [-0.25, -0.2) is 4.79 Å². The van der Waals surface area contributed by atoms with E-state index in [9.17, 15) is 28.2 Å². The third kappa shape index (κ3) is 8.06. The van der Waals surface area contributed by atoms with Crippen molar-refractivity contribution < 1.29 is 32.9 Å². The zero-order chi connectivity index (χ0) is 23.8. The molecule has 0 spiro atoms. The van der Waals surface area contributed by atoms with Gasteiger partial charge < -0.3 is 20.3 Å². The number of carbonyl (C=O) groups is 1. The maximum absolute atomic E-state index is 12.5. The molecule has 1 atom stereocenters. The topological polar surface area (TPSA) is 78.8 Å². The Hall–Kier alpha value is -3.07. The van der Waals surface area contributed by atoms with Gasteiger partial charge in [0.05, 0.1) is 6.10 Å². The third-order valence-electron chi connectivity index (χ3n) is 5.00. The summed E-state index contributed by atoms with van der Waals surface area (Å²) >= 11 is 0. The molecule has 0 saturated carbocycles. The molecule has 0 radical (unpaired) electrons. The molecule has 3 N–H and O–H groups in total. The van der Waals surface area contributed by atoms with Crippen molar-refractivity contribution in [3.05, 3.63) is 89.5 Å². The Labute approximate surface area is 201 Å². The number of hydrogen-bond donors (Lipinski definition) is 3. The van der Waals surface area contributed by atoms with Crippen molar-refractivity contribution in [2.45, 2.75) is 18.7 Å². The van der Waals surface area contributed by atoms with E-state index in [1.807, 2.05) is 54.6 Å². The highest BCUT2D eigenvalue weighted by Gasteiger charge is 2.29. The van der Waals surface area contributed by atoms with Crippen LogP contribution in [0.25, 0.3) is 11.1 Å². The zero-order valence-corrected chi connectivity index (χ0v) is 18.9. The van der Waals surface area contributed by atoms with Crippen molar-refractivity contribution in [2.75, 3.05) is 19.7 Å². The van der Waals surface area contributed by atoms with Crippen molar-refractivity contribution in [2.24, 2.45) is 0 Å². The molecule has 0 aliphatic carbocycles. The zero-order valence-electron chi connectivity index (χ0n) is 18.1. The van der Waals surface area contributed by atoms with Crippen molar-refractivity contribution in [3.8, 4) is 16.9 Å². The van der Waals surface area contributed by atoms with E-state index in [4.69, 9.17) is 4.74 Å². The molecule has 9 heteroatoms. The number of hydrogen-bond acceptors (Lipinski definition) is 4. The number of nitrogens with one attached hydrogen (secondary N) is 1. The Morgan fingerprint density at radius 3 is 2.24 bits per heavy atom. The van der Waals surface area contributed by atoms with Crippen molar-refractivity contribution >= 4 is 18.4 Å². The van der Waals surface area contributed by atoms with E-state index in [1.54, 1.807) is 0 Å². The number of aliphatic hydroxyl groups excluding tert-OH is 1. The number of benzene rings is 3. The largest absolute Gasteiger partial charge is 0.483 e. The second-order valence-electron chi connectivity index (χ2n) is 7.50. The molecule has 0 heterocycles. The number of carboxylic acids is 1. The first kappa shape index (κ1) is 27.2. The van der Waals surface area contributed by atoms with Crippen LogP contribution >= 0.6 is 12.4 Å². The molecular weight excluding hydrogens is 471 g/mol. The summed E-state index contributed by atoms with van der Waals surface area (Å²) in [4.78, 5) is 11.3. The summed E-state index contributed by atoms with van der Waals surface area (Å²) in [5.74, 6) is -1.69. The van der Waals surface area contributed by atoms with E-state index in [-0.39, 0.29) is 23.7 Å². The van der Waals surface area contributed by atoms with Crippen LogP contribution in [0.3, 0.4) is 0 Å². The highest BCUT2D eigenvalue weighted by Crippen LogP contribution is 2.29. The molecule has 0 unspecified atom stereocenters. The number of aliphatic hydroxyl groups is 1. The second-order valence-corrected chi connectivity index (χ2v) is 7.50. The normalized spacial score (nSPS) is 12.0. The van der Waals surface area contributed by atoms with E-state index >= 15 is 0 Å². The molecule has 5 nitrogen and oxygen atoms in total. The summed E-state index contributed by atoms with van der Waals surface area (Å²) in [6, 6.07) is 20.9. The summed E-state index contributed by atoms with van der Waals surface area (Å²) in [6.45, 7) is -0.480. The predicted molar refractivity (Wildman–Crippen MR) is 126 cm³/mol. The number of aromatic carboxylic acids is 1. The predicted octanol–water partition coefficient (Wildman–Crippen LogP) is 5.28. The Kier molecular flexibility index (Phi) is 9.92. The maximum Gasteiger partial charge on any atom is 0.422 e. The van der Waals surface area contributed by atoms with Crippen molar-refractivity contribution in [1.82, 2.24) is 5.32 Å². The van der Waals surface area contributed by atoms with Crippen LogP contribution in [0.4, 0.5) is 13.2 Å². The molecule has 182 valence electrons. The van der Waals surface area contributed by atoms with Crippen molar-refractivity contribution in [1.29, 1.82) is 0 Å². The molecule has 3 rings (SSSR count). The Balaban J connectivity index is 0.00000408. The molecule has 0 aliphatic rings. The number of alkyl halides is 3. The van der Waals surface area contributed by atoms with Gasteiger partial charge in [0.25, 0.3) is 0 Å². The Morgan fingerprint density at radius 1 is 0.971 bits per heavy atom. The summed E-state index contributed by atoms with van der Waals surface area (Å²) in [7, 11) is 0. The van der Waals surface area contributed by atoms with Crippen LogP contribution < -0.4 is 10.1 Å². The Morgan fingerprint density at radius 2 is 1.62 bits per heavy atom. The first-order valence-corrected chi connectivity index (χ1v) is 10.3. The van der Waals surface area contributed by atoms with E-state index in [0.717, 1.165) is 23.1 Å². The average molecular weight is 496 g/mol. The SMILES string of the molecule is Cl.O=C(O)c1ccc(-c2ccc(CCNC[C@H](O)c3ccccc3)cc2)cc1OCC(F)(F)F. The van der Waals surface area contributed by atoms with E-state index in [1.165, 1.54) is 18.2 Å².